The van der Waals surface area contributed by atoms with Gasteiger partial charge in [0.1, 0.15) is 10.8 Å². The summed E-state index contributed by atoms with van der Waals surface area (Å²) in [6.45, 7) is 1.93. The molecule has 0 unspecified atom stereocenters. The van der Waals surface area contributed by atoms with Gasteiger partial charge in [0.05, 0.1) is 22.7 Å². The predicted octanol–water partition coefficient (Wildman–Crippen LogP) is 2.45. The van der Waals surface area contributed by atoms with E-state index in [1.165, 1.54) is 11.8 Å². The molecule has 3 heterocycles. The first-order valence-electron chi connectivity index (χ1n) is 5.38. The third kappa shape index (κ3) is 1.82. The van der Waals surface area contributed by atoms with Gasteiger partial charge in [0.2, 0.25) is 5.95 Å². The molecule has 0 spiro atoms. The number of hydrogen-bond donors (Lipinski definition) is 2. The molecular formula is C11H11N5OS. The Morgan fingerprint density at radius 3 is 3.00 bits per heavy atom. The molecule has 3 aromatic rings. The van der Waals surface area contributed by atoms with Crippen LogP contribution in [0.4, 0.5) is 5.95 Å². The third-order valence-electron chi connectivity index (χ3n) is 2.52. The van der Waals surface area contributed by atoms with E-state index in [0.717, 1.165) is 26.7 Å². The van der Waals surface area contributed by atoms with Crippen molar-refractivity contribution >= 4 is 28.7 Å². The Balaban J connectivity index is 2.10. The van der Waals surface area contributed by atoms with Crippen LogP contribution in [0.25, 0.3) is 11.0 Å². The van der Waals surface area contributed by atoms with E-state index in [1.807, 2.05) is 13.0 Å². The van der Waals surface area contributed by atoms with Crippen LogP contribution in [0, 0.1) is 6.92 Å². The summed E-state index contributed by atoms with van der Waals surface area (Å²) in [5.74, 6) is 1.44. The number of H-pyrrole nitrogens is 1. The molecule has 0 bridgehead atoms. The fraction of sp³-hybridized carbons (Fsp3) is 0.182. The maximum Gasteiger partial charge on any atom is 0.225 e. The number of furan rings is 1. The Bertz CT molecular complexity index is 690. The second-order valence-electron chi connectivity index (χ2n) is 3.68. The highest BCUT2D eigenvalue weighted by molar-refractivity contribution is 7.99. The molecule has 0 amide bonds. The van der Waals surface area contributed by atoms with Crippen LogP contribution < -0.4 is 5.32 Å². The normalized spacial score (nSPS) is 11.0. The lowest BCUT2D eigenvalue weighted by Gasteiger charge is -2.03. The Labute approximate surface area is 107 Å². The number of rotatable bonds is 3. The minimum Gasteiger partial charge on any atom is -0.468 e. The van der Waals surface area contributed by atoms with E-state index in [1.54, 1.807) is 19.5 Å². The lowest BCUT2D eigenvalue weighted by atomic mass is 10.4. The zero-order valence-electron chi connectivity index (χ0n) is 9.89. The maximum absolute atomic E-state index is 5.28. The maximum atomic E-state index is 5.28. The molecule has 0 atom stereocenters. The second kappa shape index (κ2) is 4.34. The first kappa shape index (κ1) is 11.1. The van der Waals surface area contributed by atoms with Gasteiger partial charge in [-0.25, -0.2) is 4.98 Å². The van der Waals surface area contributed by atoms with E-state index < -0.39 is 0 Å². The molecule has 3 aromatic heterocycles. The summed E-state index contributed by atoms with van der Waals surface area (Å²) in [5.41, 5.74) is 0.720. The van der Waals surface area contributed by atoms with Gasteiger partial charge in [-0.2, -0.15) is 10.1 Å². The standard InChI is InChI=1S/C11H11N5OS/c1-6-8(3-4-17-6)18-10-7-5-13-16-9(7)14-11(12-2)15-10/h3-5H,1-2H3,(H2,12,13,14,15,16). The van der Waals surface area contributed by atoms with Crippen molar-refractivity contribution in [3.05, 3.63) is 24.3 Å². The average molecular weight is 261 g/mol. The van der Waals surface area contributed by atoms with Gasteiger partial charge < -0.3 is 9.73 Å². The molecule has 0 fully saturated rings. The van der Waals surface area contributed by atoms with Gasteiger partial charge in [-0.1, -0.05) is 11.8 Å². The Kier molecular flexibility index (Phi) is 2.67. The van der Waals surface area contributed by atoms with Crippen LogP contribution >= 0.6 is 11.8 Å². The number of aromatic nitrogens is 4. The third-order valence-corrected chi connectivity index (χ3v) is 3.66. The van der Waals surface area contributed by atoms with Gasteiger partial charge in [-0.3, -0.25) is 5.10 Å². The molecule has 6 nitrogen and oxygen atoms in total. The van der Waals surface area contributed by atoms with Crippen LogP contribution in [0.3, 0.4) is 0 Å². The number of nitrogens with zero attached hydrogens (tertiary/aromatic N) is 3. The highest BCUT2D eigenvalue weighted by Crippen LogP contribution is 2.33. The van der Waals surface area contributed by atoms with Crippen molar-refractivity contribution in [3.8, 4) is 0 Å². The summed E-state index contributed by atoms with van der Waals surface area (Å²) in [6, 6.07) is 1.92. The molecule has 3 rings (SSSR count). The zero-order valence-corrected chi connectivity index (χ0v) is 10.7. The van der Waals surface area contributed by atoms with Crippen LogP contribution in [0.2, 0.25) is 0 Å². The SMILES string of the molecule is CNc1nc(Sc2ccoc2C)c2cn[nH]c2n1. The van der Waals surface area contributed by atoms with E-state index in [-0.39, 0.29) is 0 Å². The number of fused-ring (bicyclic) bond motifs is 1. The Morgan fingerprint density at radius 1 is 1.39 bits per heavy atom. The summed E-state index contributed by atoms with van der Waals surface area (Å²) in [6.07, 6.45) is 3.40. The van der Waals surface area contributed by atoms with Gasteiger partial charge in [0.15, 0.2) is 5.65 Å². The lowest BCUT2D eigenvalue weighted by molar-refractivity contribution is 0.527. The molecule has 2 N–H and O–H groups in total. The van der Waals surface area contributed by atoms with Gasteiger partial charge in [-0.05, 0) is 13.0 Å². The monoisotopic (exact) mass is 261 g/mol. The number of anilines is 1. The summed E-state index contributed by atoms with van der Waals surface area (Å²) >= 11 is 1.54. The number of aromatic amines is 1. The smallest absolute Gasteiger partial charge is 0.225 e. The summed E-state index contributed by atoms with van der Waals surface area (Å²) < 4.78 is 5.28. The molecule has 0 saturated carbocycles. The number of hydrogen-bond acceptors (Lipinski definition) is 6. The van der Waals surface area contributed by atoms with E-state index in [4.69, 9.17) is 4.42 Å². The molecule has 0 aliphatic carbocycles. The van der Waals surface area contributed by atoms with E-state index >= 15 is 0 Å². The van der Waals surface area contributed by atoms with Crippen LogP contribution in [0.15, 0.2) is 32.9 Å². The van der Waals surface area contributed by atoms with Gasteiger partial charge in [0, 0.05) is 7.05 Å². The zero-order chi connectivity index (χ0) is 12.5. The van der Waals surface area contributed by atoms with Crippen LogP contribution in [0.5, 0.6) is 0 Å². The van der Waals surface area contributed by atoms with Gasteiger partial charge in [0.25, 0.3) is 0 Å². The second-order valence-corrected chi connectivity index (χ2v) is 4.71. The predicted molar refractivity (Wildman–Crippen MR) is 68.8 cm³/mol. The molecule has 92 valence electrons. The minimum atomic E-state index is 0.565. The molecule has 18 heavy (non-hydrogen) atoms. The minimum absolute atomic E-state index is 0.565. The number of nitrogens with one attached hydrogen (secondary N) is 2. The fourth-order valence-electron chi connectivity index (χ4n) is 1.58. The lowest BCUT2D eigenvalue weighted by Crippen LogP contribution is -1.97. The number of aryl methyl sites for hydroxylation is 1. The van der Waals surface area contributed by atoms with E-state index in [2.05, 4.69) is 25.5 Å². The van der Waals surface area contributed by atoms with Crippen molar-refractivity contribution in [1.82, 2.24) is 20.2 Å². The molecule has 0 radical (unpaired) electrons. The first-order valence-corrected chi connectivity index (χ1v) is 6.20. The summed E-state index contributed by atoms with van der Waals surface area (Å²) in [5, 5.41) is 11.5. The van der Waals surface area contributed by atoms with Crippen molar-refractivity contribution in [2.45, 2.75) is 16.8 Å². The van der Waals surface area contributed by atoms with Crippen LogP contribution in [-0.4, -0.2) is 27.2 Å². The highest BCUT2D eigenvalue weighted by atomic mass is 32.2. The topological polar surface area (TPSA) is 79.6 Å². The quantitative estimate of drug-likeness (QED) is 0.705. The van der Waals surface area contributed by atoms with Gasteiger partial charge in [-0.15, -0.1) is 0 Å². The summed E-state index contributed by atoms with van der Waals surface area (Å²) in [4.78, 5) is 9.78. The van der Waals surface area contributed by atoms with Crippen molar-refractivity contribution in [3.63, 3.8) is 0 Å². The van der Waals surface area contributed by atoms with Gasteiger partial charge >= 0.3 is 0 Å². The largest absolute Gasteiger partial charge is 0.468 e. The molecule has 0 aromatic carbocycles. The molecule has 7 heteroatoms. The van der Waals surface area contributed by atoms with Crippen molar-refractivity contribution < 1.29 is 4.42 Å². The average Bonchev–Trinajstić information content (AvgIpc) is 2.98. The van der Waals surface area contributed by atoms with Crippen LogP contribution in [-0.2, 0) is 0 Å². The van der Waals surface area contributed by atoms with Crippen molar-refractivity contribution in [1.29, 1.82) is 0 Å². The Hall–Kier alpha value is -2.02. The summed E-state index contributed by atoms with van der Waals surface area (Å²) in [7, 11) is 1.79. The Morgan fingerprint density at radius 2 is 2.28 bits per heavy atom. The molecular weight excluding hydrogens is 250 g/mol. The molecule has 0 aliphatic heterocycles. The molecule has 0 saturated heterocycles. The fourth-order valence-corrected chi connectivity index (χ4v) is 2.50. The van der Waals surface area contributed by atoms with E-state index in [0.29, 0.717) is 5.95 Å². The molecule has 0 aliphatic rings. The highest BCUT2D eigenvalue weighted by Gasteiger charge is 2.12. The van der Waals surface area contributed by atoms with Crippen LogP contribution in [0.1, 0.15) is 5.76 Å². The van der Waals surface area contributed by atoms with E-state index in [9.17, 15) is 0 Å². The first-order chi connectivity index (χ1) is 8.78. The van der Waals surface area contributed by atoms with Crippen molar-refractivity contribution in [2.24, 2.45) is 0 Å². The van der Waals surface area contributed by atoms with Crippen molar-refractivity contribution in [2.75, 3.05) is 12.4 Å².